The summed E-state index contributed by atoms with van der Waals surface area (Å²) in [5, 5.41) is 0. The van der Waals surface area contributed by atoms with Crippen molar-refractivity contribution in [3.05, 3.63) is 47.5 Å². The van der Waals surface area contributed by atoms with Crippen molar-refractivity contribution in [2.45, 2.75) is 31.6 Å². The summed E-state index contributed by atoms with van der Waals surface area (Å²) < 4.78 is 44.2. The highest BCUT2D eigenvalue weighted by Crippen LogP contribution is 2.33. The van der Waals surface area contributed by atoms with Gasteiger partial charge in [0, 0.05) is 32.2 Å². The topological polar surface area (TPSA) is 85.4 Å². The minimum atomic E-state index is -3.69. The van der Waals surface area contributed by atoms with Crippen molar-refractivity contribution in [2.24, 2.45) is 0 Å². The fourth-order valence-corrected chi connectivity index (χ4v) is 5.57. The Morgan fingerprint density at radius 2 is 1.70 bits per heavy atom. The number of rotatable bonds is 6. The van der Waals surface area contributed by atoms with E-state index in [1.54, 1.807) is 11.0 Å². The van der Waals surface area contributed by atoms with Gasteiger partial charge in [-0.2, -0.15) is 4.31 Å². The summed E-state index contributed by atoms with van der Waals surface area (Å²) in [6, 6.07) is 10.5. The van der Waals surface area contributed by atoms with Gasteiger partial charge in [-0.15, -0.1) is 0 Å². The second-order valence-electron chi connectivity index (χ2n) is 8.55. The molecule has 0 aromatic heterocycles. The fourth-order valence-electron chi connectivity index (χ4n) is 4.13. The average Bonchev–Trinajstić information content (AvgIpc) is 2.82. The largest absolute Gasteiger partial charge is 0.486 e. The average molecular weight is 475 g/mol. The molecule has 1 saturated heterocycles. The molecular formula is C24H30N2O6S. The van der Waals surface area contributed by atoms with Crippen LogP contribution in [0.15, 0.2) is 41.3 Å². The highest BCUT2D eigenvalue weighted by molar-refractivity contribution is 7.89. The Kier molecular flexibility index (Phi) is 6.81. The van der Waals surface area contributed by atoms with Gasteiger partial charge >= 0.3 is 0 Å². The number of fused-ring (bicyclic) bond motifs is 1. The molecule has 4 rings (SSSR count). The third kappa shape index (κ3) is 5.09. The molecule has 33 heavy (non-hydrogen) atoms. The minimum Gasteiger partial charge on any atom is -0.486 e. The lowest BCUT2D eigenvalue weighted by molar-refractivity contribution is -0.134. The smallest absolute Gasteiger partial charge is 0.260 e. The van der Waals surface area contributed by atoms with E-state index in [0.717, 1.165) is 5.56 Å². The summed E-state index contributed by atoms with van der Waals surface area (Å²) in [5.74, 6) is 1.91. The van der Waals surface area contributed by atoms with Crippen LogP contribution in [0.4, 0.5) is 0 Å². The van der Waals surface area contributed by atoms with E-state index in [0.29, 0.717) is 49.5 Å². The molecule has 0 N–H and O–H groups in total. The molecule has 2 aliphatic heterocycles. The van der Waals surface area contributed by atoms with Gasteiger partial charge in [0.05, 0.1) is 4.90 Å². The summed E-state index contributed by atoms with van der Waals surface area (Å²) in [5.41, 5.74) is 2.39. The van der Waals surface area contributed by atoms with Crippen LogP contribution in [0.25, 0.3) is 0 Å². The van der Waals surface area contributed by atoms with Crippen LogP contribution in [-0.2, 0) is 14.8 Å². The van der Waals surface area contributed by atoms with E-state index in [1.807, 2.05) is 25.1 Å². The van der Waals surface area contributed by atoms with Gasteiger partial charge in [-0.1, -0.05) is 19.9 Å². The predicted octanol–water partition coefficient (Wildman–Crippen LogP) is 2.80. The third-order valence-corrected chi connectivity index (χ3v) is 7.86. The van der Waals surface area contributed by atoms with Crippen molar-refractivity contribution in [3.8, 4) is 17.2 Å². The van der Waals surface area contributed by atoms with Crippen molar-refractivity contribution in [1.29, 1.82) is 0 Å². The number of hydrogen-bond acceptors (Lipinski definition) is 6. The zero-order valence-corrected chi connectivity index (χ0v) is 20.1. The maximum Gasteiger partial charge on any atom is 0.260 e. The number of sulfonamides is 1. The number of carbonyl (C=O) groups excluding carboxylic acids is 1. The van der Waals surface area contributed by atoms with Gasteiger partial charge in [-0.05, 0) is 48.2 Å². The molecule has 0 radical (unpaired) electrons. The number of ether oxygens (including phenoxy) is 3. The lowest BCUT2D eigenvalue weighted by Gasteiger charge is -2.34. The molecule has 2 aromatic rings. The Hall–Kier alpha value is -2.78. The summed E-state index contributed by atoms with van der Waals surface area (Å²) in [7, 11) is -3.69. The van der Waals surface area contributed by atoms with Crippen LogP contribution in [0.3, 0.4) is 0 Å². The van der Waals surface area contributed by atoms with Crippen molar-refractivity contribution in [3.63, 3.8) is 0 Å². The molecule has 2 aromatic carbocycles. The molecule has 0 bridgehead atoms. The maximum atomic E-state index is 13.1. The first kappa shape index (κ1) is 23.4. The summed E-state index contributed by atoms with van der Waals surface area (Å²) in [6.07, 6.45) is 0. The lowest BCUT2D eigenvalue weighted by atomic mass is 9.98. The van der Waals surface area contributed by atoms with E-state index in [4.69, 9.17) is 14.2 Å². The molecule has 2 aliphatic rings. The standard InChI is InChI=1S/C24H30N2O6S/c1-17(2)21-6-4-19(14-18(21)3)32-16-24(27)25-8-10-26(11-9-25)33(28,29)20-5-7-22-23(15-20)31-13-12-30-22/h4-7,14-15,17H,8-13,16H2,1-3H3. The van der Waals surface area contributed by atoms with E-state index in [-0.39, 0.29) is 30.5 Å². The van der Waals surface area contributed by atoms with Gasteiger partial charge in [0.15, 0.2) is 18.1 Å². The van der Waals surface area contributed by atoms with Gasteiger partial charge in [-0.25, -0.2) is 8.42 Å². The number of piperazine rings is 1. The van der Waals surface area contributed by atoms with Crippen LogP contribution in [0.1, 0.15) is 30.9 Å². The third-order valence-electron chi connectivity index (χ3n) is 5.97. The highest BCUT2D eigenvalue weighted by Gasteiger charge is 2.31. The van der Waals surface area contributed by atoms with E-state index < -0.39 is 10.0 Å². The second-order valence-corrected chi connectivity index (χ2v) is 10.5. The first-order valence-corrected chi connectivity index (χ1v) is 12.6. The fraction of sp³-hybridized carbons (Fsp3) is 0.458. The van der Waals surface area contributed by atoms with Crippen LogP contribution in [0.2, 0.25) is 0 Å². The molecular weight excluding hydrogens is 444 g/mol. The molecule has 1 fully saturated rings. The molecule has 1 amide bonds. The first-order valence-electron chi connectivity index (χ1n) is 11.2. The number of benzene rings is 2. The maximum absolute atomic E-state index is 13.1. The SMILES string of the molecule is Cc1cc(OCC(=O)N2CCN(S(=O)(=O)c3ccc4c(c3)OCCO4)CC2)ccc1C(C)C. The molecule has 0 spiro atoms. The molecule has 0 saturated carbocycles. The van der Waals surface area contributed by atoms with E-state index >= 15 is 0 Å². The van der Waals surface area contributed by atoms with Crippen LogP contribution < -0.4 is 14.2 Å². The summed E-state index contributed by atoms with van der Waals surface area (Å²) in [6.45, 7) is 8.16. The molecule has 2 heterocycles. The highest BCUT2D eigenvalue weighted by atomic mass is 32.2. The van der Waals surface area contributed by atoms with Gasteiger partial charge in [0.2, 0.25) is 10.0 Å². The number of amides is 1. The monoisotopic (exact) mass is 474 g/mol. The van der Waals surface area contributed by atoms with E-state index in [9.17, 15) is 13.2 Å². The lowest BCUT2D eigenvalue weighted by Crippen LogP contribution is -2.51. The van der Waals surface area contributed by atoms with E-state index in [2.05, 4.69) is 13.8 Å². The predicted molar refractivity (Wildman–Crippen MR) is 124 cm³/mol. The number of aryl methyl sites for hydroxylation is 1. The summed E-state index contributed by atoms with van der Waals surface area (Å²) in [4.78, 5) is 14.4. The van der Waals surface area contributed by atoms with Gasteiger partial charge in [-0.3, -0.25) is 4.79 Å². The zero-order valence-electron chi connectivity index (χ0n) is 19.2. The molecule has 0 aliphatic carbocycles. The van der Waals surface area contributed by atoms with Gasteiger partial charge in [0.25, 0.3) is 5.91 Å². The number of nitrogens with zero attached hydrogens (tertiary/aromatic N) is 2. The Morgan fingerprint density at radius 1 is 1.00 bits per heavy atom. The first-order chi connectivity index (χ1) is 15.8. The Bertz CT molecular complexity index is 1120. The zero-order chi connectivity index (χ0) is 23.6. The Balaban J connectivity index is 1.32. The normalized spacial score (nSPS) is 16.7. The second kappa shape index (κ2) is 9.61. The van der Waals surface area contributed by atoms with Crippen molar-refractivity contribution < 1.29 is 27.4 Å². The quantitative estimate of drug-likeness (QED) is 0.640. The summed E-state index contributed by atoms with van der Waals surface area (Å²) >= 11 is 0. The number of hydrogen-bond donors (Lipinski definition) is 0. The van der Waals surface area contributed by atoms with Crippen LogP contribution >= 0.6 is 0 Å². The van der Waals surface area contributed by atoms with Crippen molar-refractivity contribution in [1.82, 2.24) is 9.21 Å². The minimum absolute atomic E-state index is 0.0740. The van der Waals surface area contributed by atoms with Crippen molar-refractivity contribution >= 4 is 15.9 Å². The Morgan fingerprint density at radius 3 is 2.36 bits per heavy atom. The molecule has 178 valence electrons. The molecule has 9 heteroatoms. The van der Waals surface area contributed by atoms with Crippen LogP contribution in [-0.4, -0.2) is 69.5 Å². The molecule has 0 atom stereocenters. The molecule has 8 nitrogen and oxygen atoms in total. The van der Waals surface area contributed by atoms with Crippen LogP contribution in [0.5, 0.6) is 17.2 Å². The van der Waals surface area contributed by atoms with Gasteiger partial charge in [0.1, 0.15) is 19.0 Å². The molecule has 0 unspecified atom stereocenters. The van der Waals surface area contributed by atoms with E-state index in [1.165, 1.54) is 22.0 Å². The van der Waals surface area contributed by atoms with Crippen molar-refractivity contribution in [2.75, 3.05) is 46.0 Å². The Labute approximate surface area is 195 Å². The van der Waals surface area contributed by atoms with Gasteiger partial charge < -0.3 is 19.1 Å². The van der Waals surface area contributed by atoms with Crippen LogP contribution in [0, 0.1) is 6.92 Å². The number of carbonyl (C=O) groups is 1.